The summed E-state index contributed by atoms with van der Waals surface area (Å²) in [5, 5.41) is 6.79. The van der Waals surface area contributed by atoms with Gasteiger partial charge in [-0.15, -0.1) is 0 Å². The number of hydrogen-bond acceptors (Lipinski definition) is 4. The Balaban J connectivity index is 1.79. The molecule has 0 bridgehead atoms. The van der Waals surface area contributed by atoms with Gasteiger partial charge in [-0.1, -0.05) is 0 Å². The Labute approximate surface area is 96.4 Å². The van der Waals surface area contributed by atoms with Gasteiger partial charge in [0.05, 0.1) is 7.11 Å². The largest absolute Gasteiger partial charge is 0.493 e. The lowest BCUT2D eigenvalue weighted by Crippen LogP contribution is -2.24. The minimum absolute atomic E-state index is 0.669. The number of anilines is 1. The third kappa shape index (κ3) is 2.85. The molecule has 1 aromatic rings. The van der Waals surface area contributed by atoms with Gasteiger partial charge in [0.2, 0.25) is 0 Å². The maximum atomic E-state index is 5.23. The quantitative estimate of drug-likeness (QED) is 0.793. The fourth-order valence-corrected chi connectivity index (χ4v) is 2.06. The predicted molar refractivity (Wildman–Crippen MR) is 64.9 cm³/mol. The van der Waals surface area contributed by atoms with E-state index in [0.717, 1.165) is 31.1 Å². The van der Waals surface area contributed by atoms with Crippen molar-refractivity contribution >= 4 is 5.82 Å². The fourth-order valence-electron chi connectivity index (χ4n) is 2.06. The van der Waals surface area contributed by atoms with Crippen LogP contribution in [-0.2, 0) is 0 Å². The summed E-state index contributed by atoms with van der Waals surface area (Å²) >= 11 is 0. The van der Waals surface area contributed by atoms with Crippen LogP contribution >= 0.6 is 0 Å². The van der Waals surface area contributed by atoms with Crippen LogP contribution in [0.5, 0.6) is 5.75 Å². The summed E-state index contributed by atoms with van der Waals surface area (Å²) in [4.78, 5) is 4.26. The first kappa shape index (κ1) is 11.2. The molecular formula is C12H19N3O. The summed E-state index contributed by atoms with van der Waals surface area (Å²) in [5.41, 5.74) is 0. The van der Waals surface area contributed by atoms with E-state index in [1.165, 1.54) is 12.8 Å². The van der Waals surface area contributed by atoms with Crippen molar-refractivity contribution in [2.75, 3.05) is 25.5 Å². The number of methoxy groups -OCH3 is 1. The summed E-state index contributed by atoms with van der Waals surface area (Å²) in [6, 6.07) is 4.47. The van der Waals surface area contributed by atoms with Crippen molar-refractivity contribution in [2.45, 2.75) is 25.3 Å². The van der Waals surface area contributed by atoms with Gasteiger partial charge in [0.15, 0.2) is 11.6 Å². The number of rotatable bonds is 5. The number of ether oxygens (including phenoxy) is 1. The summed E-state index contributed by atoms with van der Waals surface area (Å²) in [6.07, 6.45) is 5.51. The van der Waals surface area contributed by atoms with Crippen molar-refractivity contribution in [3.8, 4) is 5.75 Å². The van der Waals surface area contributed by atoms with Crippen LogP contribution in [-0.4, -0.2) is 31.2 Å². The van der Waals surface area contributed by atoms with E-state index < -0.39 is 0 Å². The number of hydrogen-bond donors (Lipinski definition) is 2. The highest BCUT2D eigenvalue weighted by Crippen LogP contribution is 2.20. The van der Waals surface area contributed by atoms with Gasteiger partial charge in [-0.05, 0) is 37.9 Å². The van der Waals surface area contributed by atoms with Crippen LogP contribution in [0.15, 0.2) is 18.3 Å². The zero-order valence-corrected chi connectivity index (χ0v) is 9.70. The Morgan fingerprint density at radius 3 is 3.31 bits per heavy atom. The minimum atomic E-state index is 0.669. The average Bonchev–Trinajstić information content (AvgIpc) is 2.83. The molecule has 0 unspecified atom stereocenters. The Bertz CT molecular complexity index is 324. The normalized spacial score (nSPS) is 19.7. The molecule has 2 N–H and O–H groups in total. The van der Waals surface area contributed by atoms with Gasteiger partial charge >= 0.3 is 0 Å². The van der Waals surface area contributed by atoms with Crippen LogP contribution in [0.2, 0.25) is 0 Å². The van der Waals surface area contributed by atoms with Crippen LogP contribution in [0.4, 0.5) is 5.82 Å². The molecule has 0 radical (unpaired) electrons. The molecule has 16 heavy (non-hydrogen) atoms. The van der Waals surface area contributed by atoms with Gasteiger partial charge in [0, 0.05) is 18.8 Å². The summed E-state index contributed by atoms with van der Waals surface area (Å²) < 4.78 is 5.23. The molecule has 1 fully saturated rings. The zero-order chi connectivity index (χ0) is 11.2. The summed E-state index contributed by atoms with van der Waals surface area (Å²) in [5.74, 6) is 1.64. The van der Waals surface area contributed by atoms with E-state index in [-0.39, 0.29) is 0 Å². The van der Waals surface area contributed by atoms with Crippen LogP contribution in [0.3, 0.4) is 0 Å². The molecule has 1 aliphatic rings. The van der Waals surface area contributed by atoms with Crippen LogP contribution < -0.4 is 15.4 Å². The Kier molecular flexibility index (Phi) is 3.99. The third-order valence-corrected chi connectivity index (χ3v) is 2.94. The highest BCUT2D eigenvalue weighted by molar-refractivity contribution is 5.49. The maximum Gasteiger partial charge on any atom is 0.168 e. The lowest BCUT2D eigenvalue weighted by Gasteiger charge is -2.12. The molecule has 1 aliphatic heterocycles. The second-order valence-corrected chi connectivity index (χ2v) is 4.06. The number of nitrogens with zero attached hydrogens (tertiary/aromatic N) is 1. The topological polar surface area (TPSA) is 46.2 Å². The molecule has 1 atom stereocenters. The van der Waals surface area contributed by atoms with Crippen molar-refractivity contribution in [3.63, 3.8) is 0 Å². The van der Waals surface area contributed by atoms with E-state index in [1.54, 1.807) is 13.3 Å². The van der Waals surface area contributed by atoms with E-state index in [0.29, 0.717) is 6.04 Å². The second-order valence-electron chi connectivity index (χ2n) is 4.06. The van der Waals surface area contributed by atoms with Gasteiger partial charge in [0.25, 0.3) is 0 Å². The summed E-state index contributed by atoms with van der Waals surface area (Å²) in [6.45, 7) is 2.10. The molecule has 1 aromatic heterocycles. The highest BCUT2D eigenvalue weighted by atomic mass is 16.5. The third-order valence-electron chi connectivity index (χ3n) is 2.94. The first-order valence-corrected chi connectivity index (χ1v) is 5.86. The Morgan fingerprint density at radius 1 is 1.62 bits per heavy atom. The van der Waals surface area contributed by atoms with Crippen molar-refractivity contribution < 1.29 is 4.74 Å². The van der Waals surface area contributed by atoms with Gasteiger partial charge < -0.3 is 15.4 Å². The molecule has 0 aromatic carbocycles. The molecule has 2 rings (SSSR count). The maximum absolute atomic E-state index is 5.23. The first-order chi connectivity index (χ1) is 7.90. The molecule has 88 valence electrons. The Morgan fingerprint density at radius 2 is 2.56 bits per heavy atom. The van der Waals surface area contributed by atoms with E-state index in [4.69, 9.17) is 4.74 Å². The van der Waals surface area contributed by atoms with Crippen molar-refractivity contribution in [1.82, 2.24) is 10.3 Å². The lowest BCUT2D eigenvalue weighted by molar-refractivity contribution is 0.414. The van der Waals surface area contributed by atoms with Crippen molar-refractivity contribution in [2.24, 2.45) is 0 Å². The van der Waals surface area contributed by atoms with Gasteiger partial charge in [0.1, 0.15) is 0 Å². The highest BCUT2D eigenvalue weighted by Gasteiger charge is 2.13. The molecule has 4 nitrogen and oxygen atoms in total. The van der Waals surface area contributed by atoms with Crippen molar-refractivity contribution in [1.29, 1.82) is 0 Å². The molecule has 2 heterocycles. The number of nitrogens with one attached hydrogen (secondary N) is 2. The molecule has 0 amide bonds. The van der Waals surface area contributed by atoms with Gasteiger partial charge in [-0.25, -0.2) is 4.98 Å². The zero-order valence-electron chi connectivity index (χ0n) is 9.70. The molecular weight excluding hydrogens is 202 g/mol. The predicted octanol–water partition coefficient (Wildman–Crippen LogP) is 1.64. The van der Waals surface area contributed by atoms with Crippen molar-refractivity contribution in [3.05, 3.63) is 18.3 Å². The molecule has 0 aliphatic carbocycles. The number of pyridine rings is 1. The van der Waals surface area contributed by atoms with E-state index >= 15 is 0 Å². The molecule has 4 heteroatoms. The molecule has 0 spiro atoms. The van der Waals surface area contributed by atoms with Gasteiger partial charge in [-0.2, -0.15) is 0 Å². The summed E-state index contributed by atoms with van der Waals surface area (Å²) in [7, 11) is 1.67. The fraction of sp³-hybridized carbons (Fsp3) is 0.583. The number of aromatic nitrogens is 1. The smallest absolute Gasteiger partial charge is 0.168 e. The molecule has 0 saturated carbocycles. The standard InChI is InChI=1S/C12H19N3O/c1-16-11-5-3-8-14-12(11)15-9-6-10-4-2-7-13-10/h3,5,8,10,13H,2,4,6-7,9H2,1H3,(H,14,15)/t10-/m1/s1. The molecule has 1 saturated heterocycles. The average molecular weight is 221 g/mol. The van der Waals surface area contributed by atoms with Crippen LogP contribution in [0.1, 0.15) is 19.3 Å². The van der Waals surface area contributed by atoms with E-state index in [9.17, 15) is 0 Å². The van der Waals surface area contributed by atoms with Crippen LogP contribution in [0, 0.1) is 0 Å². The van der Waals surface area contributed by atoms with Crippen LogP contribution in [0.25, 0.3) is 0 Å². The minimum Gasteiger partial charge on any atom is -0.493 e. The second kappa shape index (κ2) is 5.70. The SMILES string of the molecule is COc1cccnc1NCC[C@H]1CCCN1. The van der Waals surface area contributed by atoms with E-state index in [1.807, 2.05) is 12.1 Å². The monoisotopic (exact) mass is 221 g/mol. The van der Waals surface area contributed by atoms with E-state index in [2.05, 4.69) is 15.6 Å². The van der Waals surface area contributed by atoms with Gasteiger partial charge in [-0.3, -0.25) is 0 Å². The Hall–Kier alpha value is -1.29. The first-order valence-electron chi connectivity index (χ1n) is 5.86. The lowest BCUT2D eigenvalue weighted by atomic mass is 10.1.